The number of nitrogens with one attached hydrogen (secondary N) is 6. The van der Waals surface area contributed by atoms with E-state index >= 15 is 0 Å². The van der Waals surface area contributed by atoms with Crippen LogP contribution in [0.4, 0.5) is 21.0 Å². The molecule has 5 rings (SSSR count). The van der Waals surface area contributed by atoms with Crippen LogP contribution in [0, 0.1) is 0 Å². The van der Waals surface area contributed by atoms with Gasteiger partial charge in [0, 0.05) is 26.2 Å². The van der Waals surface area contributed by atoms with Crippen molar-refractivity contribution < 1.29 is 19.2 Å². The lowest BCUT2D eigenvalue weighted by molar-refractivity contribution is 0.0946. The first-order valence-electron chi connectivity index (χ1n) is 16.4. The van der Waals surface area contributed by atoms with Gasteiger partial charge in [-0.25, -0.2) is 9.59 Å². The summed E-state index contributed by atoms with van der Waals surface area (Å²) in [4.78, 5) is 51.3. The zero-order chi connectivity index (χ0) is 35.0. The van der Waals surface area contributed by atoms with E-state index in [-0.39, 0.29) is 24.9 Å². The third-order valence-electron chi connectivity index (χ3n) is 7.82. The van der Waals surface area contributed by atoms with Crippen molar-refractivity contribution in [2.45, 2.75) is 25.9 Å². The molecule has 254 valence electrons. The van der Waals surface area contributed by atoms with Crippen LogP contribution in [0.2, 0.25) is 0 Å². The van der Waals surface area contributed by atoms with Gasteiger partial charge in [0.05, 0.1) is 22.5 Å². The summed E-state index contributed by atoms with van der Waals surface area (Å²) in [5.74, 6) is -0.543. The normalized spacial score (nSPS) is 10.4. The Morgan fingerprint density at radius 1 is 0.400 bits per heavy atom. The largest absolute Gasteiger partial charge is 0.352 e. The van der Waals surface area contributed by atoms with Crippen LogP contribution in [-0.2, 0) is 25.9 Å². The fourth-order valence-electron chi connectivity index (χ4n) is 5.25. The summed E-state index contributed by atoms with van der Waals surface area (Å²) < 4.78 is 0. The second-order valence-corrected chi connectivity index (χ2v) is 11.5. The third kappa shape index (κ3) is 10.8. The number of hydrogen-bond acceptors (Lipinski definition) is 4. The van der Waals surface area contributed by atoms with E-state index in [1.54, 1.807) is 48.5 Å². The molecule has 0 heterocycles. The second kappa shape index (κ2) is 18.2. The van der Waals surface area contributed by atoms with Crippen molar-refractivity contribution >= 4 is 35.3 Å². The zero-order valence-corrected chi connectivity index (χ0v) is 27.6. The number of rotatable bonds is 14. The van der Waals surface area contributed by atoms with Crippen LogP contribution in [-0.4, -0.2) is 37.0 Å². The summed E-state index contributed by atoms with van der Waals surface area (Å²) in [6, 6.07) is 40.0. The van der Waals surface area contributed by atoms with Gasteiger partial charge in [0.25, 0.3) is 11.8 Å². The van der Waals surface area contributed by atoms with E-state index in [9.17, 15) is 19.2 Å². The molecule has 5 aromatic rings. The van der Waals surface area contributed by atoms with Gasteiger partial charge in [-0.1, -0.05) is 109 Å². The maximum Gasteiger partial charge on any atom is 0.319 e. The Kier molecular flexibility index (Phi) is 12.7. The van der Waals surface area contributed by atoms with Gasteiger partial charge < -0.3 is 31.9 Å². The quantitative estimate of drug-likeness (QED) is 0.0830. The number of para-hydroxylation sites is 2. The van der Waals surface area contributed by atoms with Crippen LogP contribution in [0.5, 0.6) is 0 Å². The summed E-state index contributed by atoms with van der Waals surface area (Å²) in [6.07, 6.45) is 1.40. The predicted octanol–water partition coefficient (Wildman–Crippen LogP) is 6.28. The van der Waals surface area contributed by atoms with Crippen molar-refractivity contribution in [1.29, 1.82) is 0 Å². The van der Waals surface area contributed by atoms with Crippen molar-refractivity contribution in [3.63, 3.8) is 0 Å². The number of benzene rings is 5. The molecule has 10 heteroatoms. The van der Waals surface area contributed by atoms with Crippen LogP contribution in [0.15, 0.2) is 133 Å². The van der Waals surface area contributed by atoms with Crippen LogP contribution in [0.25, 0.3) is 0 Å². The minimum atomic E-state index is -0.458. The van der Waals surface area contributed by atoms with E-state index in [1.165, 1.54) is 0 Å². The minimum absolute atomic E-state index is 0.226. The Balaban J connectivity index is 1.07. The van der Waals surface area contributed by atoms with Gasteiger partial charge in [-0.15, -0.1) is 0 Å². The smallest absolute Gasteiger partial charge is 0.319 e. The van der Waals surface area contributed by atoms with Crippen molar-refractivity contribution in [2.24, 2.45) is 0 Å². The summed E-state index contributed by atoms with van der Waals surface area (Å²) in [6.45, 7) is 1.39. The molecular formula is C40H40N6O4. The molecule has 0 unspecified atom stereocenters. The Labute approximate surface area is 291 Å². The molecule has 0 aliphatic heterocycles. The Morgan fingerprint density at radius 3 is 1.22 bits per heavy atom. The third-order valence-corrected chi connectivity index (χ3v) is 7.82. The molecule has 0 aromatic heterocycles. The monoisotopic (exact) mass is 668 g/mol. The molecule has 50 heavy (non-hydrogen) atoms. The standard InChI is InChI=1S/C40H40N6O4/c47-37(41-24-22-29-12-3-1-4-13-29)33-18-7-9-20-35(33)45-39(49)43-27-31-16-11-17-32(26-31)28-44-40(50)46-36-21-10-8-19-34(36)38(48)42-25-23-30-14-5-2-6-15-30/h1-21,26H,22-25,27-28H2,(H,41,47)(H,42,48)(H2,43,45,49)(H2,44,46,50). The molecule has 0 saturated carbocycles. The molecule has 0 aliphatic rings. The molecule has 0 bridgehead atoms. The molecule has 0 aliphatic carbocycles. The number of anilines is 2. The highest BCUT2D eigenvalue weighted by Crippen LogP contribution is 2.16. The highest BCUT2D eigenvalue weighted by Gasteiger charge is 2.14. The summed E-state index contributed by atoms with van der Waals surface area (Å²) >= 11 is 0. The van der Waals surface area contributed by atoms with Gasteiger partial charge in [-0.2, -0.15) is 0 Å². The van der Waals surface area contributed by atoms with Gasteiger partial charge in [-0.3, -0.25) is 9.59 Å². The fraction of sp³-hybridized carbons (Fsp3) is 0.150. The molecule has 0 fully saturated rings. The molecule has 5 aromatic carbocycles. The Morgan fingerprint density at radius 2 is 0.780 bits per heavy atom. The molecule has 0 saturated heterocycles. The fourth-order valence-corrected chi connectivity index (χ4v) is 5.25. The summed E-state index contributed by atoms with van der Waals surface area (Å²) in [5.41, 5.74) is 5.43. The first-order valence-corrected chi connectivity index (χ1v) is 16.4. The van der Waals surface area contributed by atoms with E-state index in [0.717, 1.165) is 22.3 Å². The average Bonchev–Trinajstić information content (AvgIpc) is 3.14. The van der Waals surface area contributed by atoms with Crippen LogP contribution in [0.3, 0.4) is 0 Å². The molecule has 6 amide bonds. The number of urea groups is 2. The second-order valence-electron chi connectivity index (χ2n) is 11.5. The molecule has 0 atom stereocenters. The van der Waals surface area contributed by atoms with Crippen molar-refractivity contribution in [1.82, 2.24) is 21.3 Å². The maximum absolute atomic E-state index is 12.9. The van der Waals surface area contributed by atoms with Gasteiger partial charge >= 0.3 is 12.1 Å². The molecular weight excluding hydrogens is 628 g/mol. The summed E-state index contributed by atoms with van der Waals surface area (Å²) in [7, 11) is 0. The van der Waals surface area contributed by atoms with Gasteiger partial charge in [0.15, 0.2) is 0 Å². The SMILES string of the molecule is O=C(NCc1cccc(CNC(=O)Nc2ccccc2C(=O)NCCc2ccccc2)c1)Nc1ccccc1C(=O)NCCc1ccccc1. The Hall–Kier alpha value is -6.42. The first kappa shape index (κ1) is 34.9. The van der Waals surface area contributed by atoms with Crippen LogP contribution >= 0.6 is 0 Å². The van der Waals surface area contributed by atoms with Gasteiger partial charge in [-0.05, 0) is 59.4 Å². The lowest BCUT2D eigenvalue weighted by atomic mass is 10.1. The minimum Gasteiger partial charge on any atom is -0.352 e. The van der Waals surface area contributed by atoms with Gasteiger partial charge in [0.2, 0.25) is 0 Å². The zero-order valence-electron chi connectivity index (χ0n) is 27.6. The van der Waals surface area contributed by atoms with E-state index in [1.807, 2.05) is 84.9 Å². The number of amides is 6. The van der Waals surface area contributed by atoms with Crippen molar-refractivity contribution in [3.8, 4) is 0 Å². The number of carbonyl (C=O) groups is 4. The van der Waals surface area contributed by atoms with Crippen molar-refractivity contribution in [2.75, 3.05) is 23.7 Å². The molecule has 0 radical (unpaired) electrons. The van der Waals surface area contributed by atoms with Crippen LogP contribution in [0.1, 0.15) is 43.0 Å². The lowest BCUT2D eigenvalue weighted by Gasteiger charge is -2.13. The maximum atomic E-state index is 12.9. The van der Waals surface area contributed by atoms with Gasteiger partial charge in [0.1, 0.15) is 0 Å². The number of hydrogen-bond donors (Lipinski definition) is 6. The molecule has 10 nitrogen and oxygen atoms in total. The van der Waals surface area contributed by atoms with Crippen LogP contribution < -0.4 is 31.9 Å². The van der Waals surface area contributed by atoms with E-state index in [4.69, 9.17) is 0 Å². The molecule has 0 spiro atoms. The van der Waals surface area contributed by atoms with Crippen molar-refractivity contribution in [3.05, 3.63) is 167 Å². The lowest BCUT2D eigenvalue weighted by Crippen LogP contribution is -2.31. The highest BCUT2D eigenvalue weighted by atomic mass is 16.2. The van der Waals surface area contributed by atoms with E-state index in [0.29, 0.717) is 48.4 Å². The average molecular weight is 669 g/mol. The topological polar surface area (TPSA) is 140 Å². The first-order chi connectivity index (χ1) is 24.4. The summed E-state index contributed by atoms with van der Waals surface area (Å²) in [5, 5.41) is 17.0. The molecule has 6 N–H and O–H groups in total. The predicted molar refractivity (Wildman–Crippen MR) is 196 cm³/mol. The number of carbonyl (C=O) groups excluding carboxylic acids is 4. The van der Waals surface area contributed by atoms with E-state index in [2.05, 4.69) is 31.9 Å². The Bertz CT molecular complexity index is 1760. The highest BCUT2D eigenvalue weighted by molar-refractivity contribution is 6.04. The van der Waals surface area contributed by atoms with E-state index < -0.39 is 12.1 Å².